The molecule has 2 aromatic rings. The average molecular weight is 483 g/mol. The van der Waals surface area contributed by atoms with Crippen molar-refractivity contribution in [3.05, 3.63) is 34.8 Å². The van der Waals surface area contributed by atoms with Crippen molar-refractivity contribution in [3.63, 3.8) is 0 Å². The summed E-state index contributed by atoms with van der Waals surface area (Å²) in [6.45, 7) is 9.88. The SMILES string of the molecule is COc1ccc(C(=O)Nc2nc(CN3CC(C)OC(C)C3)cs2)cc1S(=O)(=O)NC(C)C. The standard InChI is InChI=1S/C21H30N4O5S2/c1-13(2)24-32(27,28)19-8-16(6-7-18(19)29-5)20(26)23-21-22-17(12-31-21)11-25-9-14(3)30-15(4)10-25/h6-8,12-15,24H,9-11H2,1-5H3,(H,22,23,26). The molecule has 2 unspecified atom stereocenters. The van der Waals surface area contributed by atoms with Gasteiger partial charge in [-0.05, 0) is 45.9 Å². The molecule has 1 fully saturated rings. The van der Waals surface area contributed by atoms with Crippen molar-refractivity contribution in [2.24, 2.45) is 0 Å². The van der Waals surface area contributed by atoms with Crippen LogP contribution in [0.5, 0.6) is 5.75 Å². The normalized spacial score (nSPS) is 19.8. The number of aromatic nitrogens is 1. The number of benzene rings is 1. The first kappa shape index (κ1) is 24.6. The van der Waals surface area contributed by atoms with Crippen molar-refractivity contribution >= 4 is 32.4 Å². The minimum absolute atomic E-state index is 0.0864. The summed E-state index contributed by atoms with van der Waals surface area (Å²) in [5.74, 6) is -0.275. The maximum absolute atomic E-state index is 12.8. The number of nitrogens with zero attached hydrogens (tertiary/aromatic N) is 2. The topological polar surface area (TPSA) is 110 Å². The van der Waals surface area contributed by atoms with Gasteiger partial charge in [-0.1, -0.05) is 0 Å². The largest absolute Gasteiger partial charge is 0.495 e. The van der Waals surface area contributed by atoms with Crippen molar-refractivity contribution in [3.8, 4) is 5.75 Å². The molecule has 9 nitrogen and oxygen atoms in total. The Bertz CT molecular complexity index is 1040. The van der Waals surface area contributed by atoms with E-state index in [1.165, 1.54) is 36.6 Å². The second kappa shape index (κ2) is 10.3. The minimum Gasteiger partial charge on any atom is -0.495 e. The third kappa shape index (κ3) is 6.26. The van der Waals surface area contributed by atoms with Crippen LogP contribution in [0.2, 0.25) is 0 Å². The molecule has 0 spiro atoms. The zero-order valence-corrected chi connectivity index (χ0v) is 20.5. The van der Waals surface area contributed by atoms with E-state index in [9.17, 15) is 13.2 Å². The van der Waals surface area contributed by atoms with Gasteiger partial charge in [0.05, 0.1) is 25.0 Å². The Morgan fingerprint density at radius 2 is 2.00 bits per heavy atom. The molecule has 1 saturated heterocycles. The number of nitrogens with one attached hydrogen (secondary N) is 2. The molecule has 11 heteroatoms. The van der Waals surface area contributed by atoms with Gasteiger partial charge in [0.15, 0.2) is 5.13 Å². The van der Waals surface area contributed by atoms with Crippen molar-refractivity contribution in [1.82, 2.24) is 14.6 Å². The number of sulfonamides is 1. The molecule has 32 heavy (non-hydrogen) atoms. The zero-order chi connectivity index (χ0) is 23.5. The number of morpholine rings is 1. The number of rotatable bonds is 8. The lowest BCUT2D eigenvalue weighted by Crippen LogP contribution is -2.44. The van der Waals surface area contributed by atoms with E-state index in [-0.39, 0.29) is 34.5 Å². The van der Waals surface area contributed by atoms with Crippen molar-refractivity contribution in [2.45, 2.75) is 57.4 Å². The van der Waals surface area contributed by atoms with Crippen LogP contribution in [0, 0.1) is 0 Å². The second-order valence-corrected chi connectivity index (χ2v) is 10.7. The Morgan fingerprint density at radius 1 is 1.31 bits per heavy atom. The number of amides is 1. The van der Waals surface area contributed by atoms with Gasteiger partial charge >= 0.3 is 0 Å². The summed E-state index contributed by atoms with van der Waals surface area (Å²) in [7, 11) is -2.45. The number of hydrogen-bond acceptors (Lipinski definition) is 8. The lowest BCUT2D eigenvalue weighted by Gasteiger charge is -2.34. The van der Waals surface area contributed by atoms with Gasteiger partial charge in [-0.2, -0.15) is 0 Å². The fourth-order valence-electron chi connectivity index (χ4n) is 3.65. The van der Waals surface area contributed by atoms with Gasteiger partial charge in [-0.15, -0.1) is 11.3 Å². The van der Waals surface area contributed by atoms with E-state index in [0.29, 0.717) is 11.7 Å². The highest BCUT2D eigenvalue weighted by molar-refractivity contribution is 7.89. The smallest absolute Gasteiger partial charge is 0.257 e. The lowest BCUT2D eigenvalue weighted by atomic mass is 10.2. The average Bonchev–Trinajstić information content (AvgIpc) is 3.12. The molecular weight excluding hydrogens is 452 g/mol. The fourth-order valence-corrected chi connectivity index (χ4v) is 5.79. The van der Waals surface area contributed by atoms with Crippen LogP contribution in [0.4, 0.5) is 5.13 Å². The minimum atomic E-state index is -3.84. The molecule has 176 valence electrons. The summed E-state index contributed by atoms with van der Waals surface area (Å²) in [6.07, 6.45) is 0.338. The highest BCUT2D eigenvalue weighted by Gasteiger charge is 2.24. The van der Waals surface area contributed by atoms with Gasteiger partial charge in [-0.3, -0.25) is 15.0 Å². The predicted octanol–water partition coefficient (Wildman–Crippen LogP) is 2.70. The molecule has 2 atom stereocenters. The monoisotopic (exact) mass is 482 g/mol. The van der Waals surface area contributed by atoms with Crippen LogP contribution < -0.4 is 14.8 Å². The molecule has 1 aromatic carbocycles. The molecule has 1 aliphatic heterocycles. The van der Waals surface area contributed by atoms with E-state index in [0.717, 1.165) is 18.8 Å². The van der Waals surface area contributed by atoms with Crippen molar-refractivity contribution in [2.75, 3.05) is 25.5 Å². The lowest BCUT2D eigenvalue weighted by molar-refractivity contribution is -0.0707. The van der Waals surface area contributed by atoms with E-state index < -0.39 is 15.9 Å². The van der Waals surface area contributed by atoms with E-state index in [1.807, 2.05) is 5.38 Å². The number of methoxy groups -OCH3 is 1. The van der Waals surface area contributed by atoms with Gasteiger partial charge in [0, 0.05) is 36.6 Å². The van der Waals surface area contributed by atoms with Gasteiger partial charge in [0.2, 0.25) is 10.0 Å². The van der Waals surface area contributed by atoms with E-state index in [4.69, 9.17) is 9.47 Å². The number of carbonyl (C=O) groups is 1. The van der Waals surface area contributed by atoms with E-state index >= 15 is 0 Å². The number of ether oxygens (including phenoxy) is 2. The van der Waals surface area contributed by atoms with Crippen LogP contribution >= 0.6 is 11.3 Å². The summed E-state index contributed by atoms with van der Waals surface area (Å²) in [6, 6.07) is 4.00. The zero-order valence-electron chi connectivity index (χ0n) is 18.9. The summed E-state index contributed by atoms with van der Waals surface area (Å²) in [5.41, 5.74) is 1.06. The summed E-state index contributed by atoms with van der Waals surface area (Å²) in [4.78, 5) is 19.5. The predicted molar refractivity (Wildman–Crippen MR) is 124 cm³/mol. The molecule has 1 amide bonds. The van der Waals surface area contributed by atoms with Crippen molar-refractivity contribution in [1.29, 1.82) is 0 Å². The Balaban J connectivity index is 1.72. The van der Waals surface area contributed by atoms with Crippen LogP contribution in [-0.4, -0.2) is 62.7 Å². The van der Waals surface area contributed by atoms with Crippen LogP contribution in [0.25, 0.3) is 0 Å². The molecule has 2 heterocycles. The summed E-state index contributed by atoms with van der Waals surface area (Å²) >= 11 is 1.33. The molecule has 0 radical (unpaired) electrons. The maximum atomic E-state index is 12.8. The Kier molecular flexibility index (Phi) is 7.88. The molecule has 2 N–H and O–H groups in total. The molecule has 3 rings (SSSR count). The maximum Gasteiger partial charge on any atom is 0.257 e. The first-order valence-electron chi connectivity index (χ1n) is 10.4. The van der Waals surface area contributed by atoms with Gasteiger partial charge in [0.25, 0.3) is 5.91 Å². The number of thiazole rings is 1. The van der Waals surface area contributed by atoms with Crippen LogP contribution in [0.15, 0.2) is 28.5 Å². The fraction of sp³-hybridized carbons (Fsp3) is 0.524. The van der Waals surface area contributed by atoms with Crippen molar-refractivity contribution < 1.29 is 22.7 Å². The number of hydrogen-bond donors (Lipinski definition) is 2. The molecule has 0 bridgehead atoms. The highest BCUT2D eigenvalue weighted by Crippen LogP contribution is 2.26. The van der Waals surface area contributed by atoms with Crippen LogP contribution in [0.1, 0.15) is 43.7 Å². The third-order valence-corrected chi connectivity index (χ3v) is 7.25. The van der Waals surface area contributed by atoms with Gasteiger partial charge < -0.3 is 9.47 Å². The quantitative estimate of drug-likeness (QED) is 0.595. The molecule has 1 aromatic heterocycles. The molecule has 0 saturated carbocycles. The second-order valence-electron chi connectivity index (χ2n) is 8.19. The highest BCUT2D eigenvalue weighted by atomic mass is 32.2. The molecule has 1 aliphatic rings. The Hall–Kier alpha value is -2.05. The van der Waals surface area contributed by atoms with E-state index in [2.05, 4.69) is 33.8 Å². The summed E-state index contributed by atoms with van der Waals surface area (Å²) < 4.78 is 38.7. The Labute approximate surface area is 193 Å². The van der Waals surface area contributed by atoms with Crippen LogP contribution in [0.3, 0.4) is 0 Å². The number of carbonyl (C=O) groups excluding carboxylic acids is 1. The third-order valence-electron chi connectivity index (χ3n) is 4.76. The first-order valence-corrected chi connectivity index (χ1v) is 12.8. The first-order chi connectivity index (χ1) is 15.1. The molecular formula is C21H30N4O5S2. The number of anilines is 1. The van der Waals surface area contributed by atoms with Gasteiger partial charge in [-0.25, -0.2) is 18.1 Å². The molecule has 0 aliphatic carbocycles. The van der Waals surface area contributed by atoms with E-state index in [1.54, 1.807) is 13.8 Å². The Morgan fingerprint density at radius 3 is 2.62 bits per heavy atom. The summed E-state index contributed by atoms with van der Waals surface area (Å²) in [5, 5.41) is 5.13. The van der Waals surface area contributed by atoms with Gasteiger partial charge in [0.1, 0.15) is 10.6 Å². The van der Waals surface area contributed by atoms with Crippen LogP contribution in [-0.2, 0) is 21.3 Å².